The van der Waals surface area contributed by atoms with Crippen molar-refractivity contribution in [1.82, 2.24) is 5.32 Å². The molecular weight excluding hydrogens is 931 g/mol. The van der Waals surface area contributed by atoms with E-state index < -0.39 is 18.3 Å². The lowest BCUT2D eigenvalue weighted by molar-refractivity contribution is -0.109. The topological polar surface area (TPSA) is 196 Å². The third-order valence-electron chi connectivity index (χ3n) is 18.8. The van der Waals surface area contributed by atoms with Crippen LogP contribution in [-0.4, -0.2) is 82.9 Å². The number of methoxy groups -OCH3 is 1. The van der Waals surface area contributed by atoms with Gasteiger partial charge in [0.05, 0.1) is 19.3 Å². The summed E-state index contributed by atoms with van der Waals surface area (Å²) in [5.74, 6) is 3.58. The third kappa shape index (κ3) is 11.3. The molecule has 12 nitrogen and oxygen atoms in total. The molecule has 12 rings (SSSR count). The molecule has 0 amide bonds. The van der Waals surface area contributed by atoms with E-state index >= 15 is 0 Å². The van der Waals surface area contributed by atoms with Crippen molar-refractivity contribution in [3.63, 3.8) is 0 Å². The molecule has 4 aliphatic carbocycles. The summed E-state index contributed by atoms with van der Waals surface area (Å²) >= 11 is 0. The number of aliphatic hydroxyl groups is 3. The molecular formula is C62H87N3O9. The number of hydrogen-bond donors (Lipinski definition) is 7. The van der Waals surface area contributed by atoms with Gasteiger partial charge in [0.25, 0.3) is 0 Å². The molecule has 2 saturated carbocycles. The Kier molecular flexibility index (Phi) is 17.2. The van der Waals surface area contributed by atoms with Crippen molar-refractivity contribution in [3.8, 4) is 39.9 Å². The van der Waals surface area contributed by atoms with Crippen LogP contribution >= 0.6 is 0 Å². The number of unbranched alkanes of at least 4 members (excludes halogenated alkanes) is 2. The molecule has 1 spiro atoms. The van der Waals surface area contributed by atoms with Crippen LogP contribution in [0, 0.1) is 52.8 Å². The van der Waals surface area contributed by atoms with E-state index in [4.69, 9.17) is 24.9 Å². The number of nitrogens with two attached hydrogens (primary N) is 1. The van der Waals surface area contributed by atoms with E-state index in [1.807, 2.05) is 12.1 Å². The van der Waals surface area contributed by atoms with Gasteiger partial charge in [-0.15, -0.1) is 0 Å². The Balaban J connectivity index is 1.17. The summed E-state index contributed by atoms with van der Waals surface area (Å²) in [5.41, 5.74) is 13.1. The highest BCUT2D eigenvalue weighted by Crippen LogP contribution is 2.57. The van der Waals surface area contributed by atoms with Gasteiger partial charge in [0.2, 0.25) is 0 Å². The molecule has 13 atom stereocenters. The molecule has 404 valence electrons. The predicted molar refractivity (Wildman–Crippen MR) is 291 cm³/mol. The first-order valence-electron chi connectivity index (χ1n) is 28.6. The number of aliphatic hydroxyl groups excluding tert-OH is 3. The van der Waals surface area contributed by atoms with E-state index in [1.54, 1.807) is 25.3 Å². The molecule has 8 bridgehead atoms. The maximum absolute atomic E-state index is 12.4. The first-order valence-corrected chi connectivity index (χ1v) is 28.6. The molecule has 8 N–H and O–H groups in total. The van der Waals surface area contributed by atoms with E-state index in [9.17, 15) is 30.3 Å². The standard InChI is InChI=1S/C62H87N3O9/c1-6-7-8-11-37(4)47-26-39-16-15-38(47)25-45(68)33-62(21-10-13-44(62)20-23-66)35-65-61(63)64-22-19-46-41(34-67)12-9-14-54(46)73-56-30-40(17-18-51(56)69)60-53(71)31-50-55(74-60)32-57(72-5)59-49-28-43(24-36(2)3)52(70)29-42(49)27-48(39)58(50)59/h15-18,23,28-30,32,36-39,41,44-48,53-54,60,67-71H,6-14,19-22,24-27,31,33-35H2,1-5H3,(H3,63,64,65)/t37-,38-,39-,41-,44+,45-,46-,47-,48+,53+,54+,60-,62-/m0/s1. The largest absolute Gasteiger partial charge is 0.508 e. The van der Waals surface area contributed by atoms with Gasteiger partial charge >= 0.3 is 0 Å². The Morgan fingerprint density at radius 1 is 0.946 bits per heavy atom. The zero-order chi connectivity index (χ0) is 52.3. The Morgan fingerprint density at radius 3 is 2.54 bits per heavy atom. The fourth-order valence-corrected chi connectivity index (χ4v) is 15.0. The van der Waals surface area contributed by atoms with E-state index in [2.05, 4.69) is 51.2 Å². The van der Waals surface area contributed by atoms with Gasteiger partial charge in [-0.3, -0.25) is 4.99 Å². The van der Waals surface area contributed by atoms with E-state index in [-0.39, 0.29) is 65.3 Å². The quantitative estimate of drug-likeness (QED) is 0.0548. The molecule has 0 radical (unpaired) electrons. The first-order chi connectivity index (χ1) is 35.7. The van der Waals surface area contributed by atoms with Gasteiger partial charge in [0, 0.05) is 55.6 Å². The molecule has 9 aliphatic rings. The average molecular weight is 1020 g/mol. The van der Waals surface area contributed by atoms with Crippen LogP contribution in [0.5, 0.6) is 28.7 Å². The minimum Gasteiger partial charge on any atom is -0.508 e. The van der Waals surface area contributed by atoms with Crippen LogP contribution in [0.2, 0.25) is 0 Å². The van der Waals surface area contributed by atoms with Gasteiger partial charge in [0.15, 0.2) is 17.5 Å². The molecule has 5 aliphatic heterocycles. The van der Waals surface area contributed by atoms with E-state index in [0.29, 0.717) is 98.0 Å². The molecule has 0 saturated heterocycles. The molecule has 0 unspecified atom stereocenters. The minimum atomic E-state index is -0.929. The first kappa shape index (κ1) is 54.0. The van der Waals surface area contributed by atoms with Crippen LogP contribution < -0.4 is 25.3 Å². The second-order valence-electron chi connectivity index (χ2n) is 24.1. The van der Waals surface area contributed by atoms with Crippen molar-refractivity contribution < 1.29 is 44.5 Å². The second-order valence-corrected chi connectivity index (χ2v) is 24.1. The minimum absolute atomic E-state index is 0.00768. The average Bonchev–Trinajstić information content (AvgIpc) is 3.78. The molecule has 2 fully saturated rings. The van der Waals surface area contributed by atoms with Gasteiger partial charge in [-0.05, 0) is 175 Å². The summed E-state index contributed by atoms with van der Waals surface area (Å²) < 4.78 is 20.2. The normalized spacial score (nSPS) is 31.4. The predicted octanol–water partition coefficient (Wildman–Crippen LogP) is 10.7. The molecule has 5 heterocycles. The second kappa shape index (κ2) is 23.6. The number of allylic oxidation sites excluding steroid dienone is 2. The Bertz CT molecular complexity index is 2490. The lowest BCUT2D eigenvalue weighted by Crippen LogP contribution is -2.42. The fraction of sp³-hybridized carbons (Fsp3) is 0.645. The van der Waals surface area contributed by atoms with Crippen LogP contribution in [0.3, 0.4) is 0 Å². The van der Waals surface area contributed by atoms with Gasteiger partial charge in [0.1, 0.15) is 35.7 Å². The summed E-state index contributed by atoms with van der Waals surface area (Å²) in [5, 5.41) is 61.8. The number of fused-ring (bicyclic) bond motifs is 2. The number of hydrogen-bond acceptors (Lipinski definition) is 12. The Morgan fingerprint density at radius 2 is 1.77 bits per heavy atom. The molecule has 3 aromatic rings. The number of benzene rings is 3. The zero-order valence-electron chi connectivity index (χ0n) is 44.9. The van der Waals surface area contributed by atoms with Gasteiger partial charge in [-0.2, -0.15) is 0 Å². The highest BCUT2D eigenvalue weighted by atomic mass is 16.5. The zero-order valence-corrected chi connectivity index (χ0v) is 44.9. The summed E-state index contributed by atoms with van der Waals surface area (Å²) in [7, 11) is 1.71. The SMILES string of the molecule is CCCCC[C@H](C)[C@@H]1C[C@@H]2C=C[C@H]1C[C@H](O)C[C@@]1(CCC[C@@H]1CC=O)CN=C(N)NCC[C@H]1[C@H](CO)CCC[C@H]1Oc1cc(ccc1O)[C@@H]1Oc3cc(OC)c4c(c3C[C@H]1O)[C@@H]2Cc1cc(O)c(CC(C)C)cc1-4. The summed E-state index contributed by atoms with van der Waals surface area (Å²) in [4.78, 5) is 17.2. The number of nitrogens with one attached hydrogen (secondary N) is 1. The Hall–Kier alpha value is -4.78. The smallest absolute Gasteiger partial charge is 0.188 e. The molecule has 3 aromatic carbocycles. The lowest BCUT2D eigenvalue weighted by Gasteiger charge is -2.44. The number of guanidine groups is 1. The van der Waals surface area contributed by atoms with Gasteiger partial charge in [-0.25, -0.2) is 0 Å². The van der Waals surface area contributed by atoms with Crippen LogP contribution in [-0.2, 0) is 24.1 Å². The number of carbonyl (C=O) groups is 1. The van der Waals surface area contributed by atoms with E-state index in [0.717, 1.165) is 110 Å². The van der Waals surface area contributed by atoms with Crippen LogP contribution in [0.1, 0.15) is 164 Å². The number of aliphatic imine (C=N–C) groups is 1. The van der Waals surface area contributed by atoms with Gasteiger partial charge < -0.3 is 55.6 Å². The van der Waals surface area contributed by atoms with Crippen molar-refractivity contribution in [2.45, 2.75) is 174 Å². The number of carbonyl (C=O) groups excluding carboxylic acids is 1. The lowest BCUT2D eigenvalue weighted by atomic mass is 9.62. The monoisotopic (exact) mass is 1020 g/mol. The molecule has 74 heavy (non-hydrogen) atoms. The third-order valence-corrected chi connectivity index (χ3v) is 18.8. The van der Waals surface area contributed by atoms with Crippen LogP contribution in [0.15, 0.2) is 53.5 Å². The number of aromatic hydroxyl groups is 2. The molecule has 0 aromatic heterocycles. The number of rotatable bonds is 11. The number of phenolic OH excluding ortho intramolecular Hbond substituents is 2. The summed E-state index contributed by atoms with van der Waals surface area (Å²) in [6, 6.07) is 11.4. The summed E-state index contributed by atoms with van der Waals surface area (Å²) in [6.45, 7) is 9.93. The summed E-state index contributed by atoms with van der Waals surface area (Å²) in [6.07, 6.45) is 18.0. The Labute approximate surface area is 440 Å². The van der Waals surface area contributed by atoms with Crippen molar-refractivity contribution >= 4 is 12.2 Å². The van der Waals surface area contributed by atoms with E-state index in [1.165, 1.54) is 6.42 Å². The van der Waals surface area contributed by atoms with Crippen molar-refractivity contribution in [3.05, 3.63) is 76.4 Å². The molecule has 12 heteroatoms. The van der Waals surface area contributed by atoms with Gasteiger partial charge in [-0.1, -0.05) is 78.0 Å². The van der Waals surface area contributed by atoms with Crippen molar-refractivity contribution in [1.29, 1.82) is 0 Å². The van der Waals surface area contributed by atoms with Crippen molar-refractivity contribution in [2.24, 2.45) is 63.5 Å². The number of phenols is 2. The number of ether oxygens (including phenoxy) is 3. The number of nitrogens with zero attached hydrogens (tertiary/aromatic N) is 1. The highest BCUT2D eigenvalue weighted by Gasteiger charge is 2.46. The number of aldehydes is 1. The fourth-order valence-electron chi connectivity index (χ4n) is 15.0. The van der Waals surface area contributed by atoms with Crippen LogP contribution in [0.25, 0.3) is 11.1 Å². The van der Waals surface area contributed by atoms with Crippen LogP contribution in [0.4, 0.5) is 0 Å². The van der Waals surface area contributed by atoms with Crippen molar-refractivity contribution in [2.75, 3.05) is 26.8 Å². The highest BCUT2D eigenvalue weighted by molar-refractivity contribution is 5.84. The maximum Gasteiger partial charge on any atom is 0.188 e. The maximum atomic E-state index is 12.4.